The minimum absolute atomic E-state index is 0.0297. The van der Waals surface area contributed by atoms with Gasteiger partial charge in [-0.15, -0.1) is 0 Å². The number of hydrogen-bond acceptors (Lipinski definition) is 6. The predicted molar refractivity (Wildman–Crippen MR) is 142 cm³/mol. The summed E-state index contributed by atoms with van der Waals surface area (Å²) in [5.74, 6) is -2.73. The molecule has 2 heterocycles. The Balaban J connectivity index is 0.000000559. The number of benzene rings is 1. The van der Waals surface area contributed by atoms with Crippen LogP contribution >= 0.6 is 0 Å². The number of anilines is 1. The van der Waals surface area contributed by atoms with E-state index in [4.69, 9.17) is 25.4 Å². The molecule has 0 bridgehead atoms. The molecular formula is C28H33F3N4O5. The third kappa shape index (κ3) is 8.03. The molecule has 1 fully saturated rings. The van der Waals surface area contributed by atoms with Gasteiger partial charge >= 0.3 is 18.1 Å². The molecule has 2 aliphatic rings. The van der Waals surface area contributed by atoms with Gasteiger partial charge in [0.1, 0.15) is 11.5 Å². The maximum absolute atomic E-state index is 13.2. The van der Waals surface area contributed by atoms with Crippen LogP contribution in [0.25, 0.3) is 0 Å². The number of carboxylic acids is 2. The van der Waals surface area contributed by atoms with E-state index >= 15 is 0 Å². The first-order valence-corrected chi connectivity index (χ1v) is 12.8. The Morgan fingerprint density at radius 2 is 1.75 bits per heavy atom. The summed E-state index contributed by atoms with van der Waals surface area (Å²) in [7, 11) is 0. The highest BCUT2D eigenvalue weighted by molar-refractivity contribution is 6.04. The first kappa shape index (κ1) is 30.6. The average molecular weight is 563 g/mol. The topological polar surface area (TPSA) is 144 Å². The number of Topliss-reactive ketones (excluding diaryl/α,β-unsaturated/α-hetero) is 1. The van der Waals surface area contributed by atoms with E-state index in [1.54, 1.807) is 4.90 Å². The molecule has 4 rings (SSSR count). The summed E-state index contributed by atoms with van der Waals surface area (Å²) in [6.45, 7) is 7.51. The van der Waals surface area contributed by atoms with Gasteiger partial charge in [-0.25, -0.2) is 9.78 Å². The van der Waals surface area contributed by atoms with Crippen LogP contribution in [0.5, 0.6) is 0 Å². The maximum Gasteiger partial charge on any atom is 0.490 e. The average Bonchev–Trinajstić information content (AvgIpc) is 3.66. The van der Waals surface area contributed by atoms with Crippen molar-refractivity contribution in [2.45, 2.75) is 70.5 Å². The van der Waals surface area contributed by atoms with Gasteiger partial charge in [0, 0.05) is 47.9 Å². The monoisotopic (exact) mass is 562 g/mol. The molecular weight excluding hydrogens is 529 g/mol. The molecule has 0 amide bonds. The lowest BCUT2D eigenvalue weighted by Gasteiger charge is -2.25. The molecule has 12 heteroatoms. The number of carboxylic acid groups (broad SMARTS) is 2. The first-order chi connectivity index (χ1) is 18.6. The summed E-state index contributed by atoms with van der Waals surface area (Å²) < 4.78 is 31.7. The molecule has 0 spiro atoms. The van der Waals surface area contributed by atoms with E-state index in [0.29, 0.717) is 42.5 Å². The molecule has 216 valence electrons. The van der Waals surface area contributed by atoms with E-state index in [2.05, 4.69) is 38.2 Å². The Hall–Kier alpha value is -3.96. The van der Waals surface area contributed by atoms with E-state index in [0.717, 1.165) is 22.5 Å². The van der Waals surface area contributed by atoms with Crippen LogP contribution in [0.1, 0.15) is 85.2 Å². The molecule has 0 radical (unpaired) electrons. The highest BCUT2D eigenvalue weighted by Crippen LogP contribution is 2.40. The van der Waals surface area contributed by atoms with Crippen LogP contribution in [0, 0.1) is 5.41 Å². The molecule has 4 N–H and O–H groups in total. The number of nitrogens with one attached hydrogen (secondary N) is 2. The van der Waals surface area contributed by atoms with Gasteiger partial charge < -0.3 is 20.4 Å². The largest absolute Gasteiger partial charge is 0.490 e. The Labute approximate surface area is 229 Å². The van der Waals surface area contributed by atoms with Gasteiger partial charge in [-0.1, -0.05) is 26.8 Å². The fraction of sp³-hybridized carbons (Fsp3) is 0.464. The molecule has 40 heavy (non-hydrogen) atoms. The number of carbonyl (C=O) groups is 3. The van der Waals surface area contributed by atoms with Gasteiger partial charge in [0.15, 0.2) is 5.78 Å². The van der Waals surface area contributed by atoms with Gasteiger partial charge in [-0.2, -0.15) is 13.2 Å². The molecule has 2 aromatic rings. The Kier molecular flexibility index (Phi) is 9.21. The number of halogens is 3. The Bertz CT molecular complexity index is 1300. The second kappa shape index (κ2) is 12.1. The Morgan fingerprint density at radius 1 is 1.10 bits per heavy atom. The number of amidine groups is 1. The first-order valence-electron chi connectivity index (χ1n) is 12.8. The van der Waals surface area contributed by atoms with Crippen LogP contribution in [0.15, 0.2) is 30.3 Å². The maximum atomic E-state index is 13.2. The third-order valence-electron chi connectivity index (χ3n) is 6.51. The summed E-state index contributed by atoms with van der Waals surface area (Å²) in [5.41, 5.74) is 5.14. The van der Waals surface area contributed by atoms with Gasteiger partial charge in [0.05, 0.1) is 6.54 Å². The highest BCUT2D eigenvalue weighted by atomic mass is 19.4. The van der Waals surface area contributed by atoms with E-state index < -0.39 is 18.1 Å². The van der Waals surface area contributed by atoms with Gasteiger partial charge in [-0.05, 0) is 54.5 Å². The molecule has 9 nitrogen and oxygen atoms in total. The molecule has 0 saturated heterocycles. The normalized spacial score (nSPS) is 14.8. The molecule has 1 aromatic carbocycles. The number of ketones is 1. The minimum Gasteiger partial charge on any atom is -0.481 e. The lowest BCUT2D eigenvalue weighted by Crippen LogP contribution is -2.30. The van der Waals surface area contributed by atoms with Gasteiger partial charge in [0.25, 0.3) is 0 Å². The summed E-state index contributed by atoms with van der Waals surface area (Å²) >= 11 is 0. The van der Waals surface area contributed by atoms with Crippen molar-refractivity contribution in [2.75, 3.05) is 18.4 Å². The van der Waals surface area contributed by atoms with Crippen molar-refractivity contribution in [3.63, 3.8) is 0 Å². The van der Waals surface area contributed by atoms with Crippen LogP contribution in [-0.4, -0.2) is 62.9 Å². The zero-order valence-electron chi connectivity index (χ0n) is 22.6. The quantitative estimate of drug-likeness (QED) is 0.242. The SMILES string of the molecule is CC(C)(C)c1cc(C(=O)CN2Cc3ccc(C4CC4)nc3C2=N)ccc1NCCCC(=O)O.O=C(O)C(F)(F)F. The Morgan fingerprint density at radius 3 is 2.30 bits per heavy atom. The lowest BCUT2D eigenvalue weighted by atomic mass is 9.84. The van der Waals surface area contributed by atoms with Crippen molar-refractivity contribution in [3.8, 4) is 0 Å². The highest BCUT2D eigenvalue weighted by Gasteiger charge is 2.38. The molecule has 1 aromatic heterocycles. The number of hydrogen-bond donors (Lipinski definition) is 4. The smallest absolute Gasteiger partial charge is 0.481 e. The number of nitrogens with zero attached hydrogens (tertiary/aromatic N) is 2. The van der Waals surface area contributed by atoms with Crippen LogP contribution < -0.4 is 5.32 Å². The van der Waals surface area contributed by atoms with E-state index in [-0.39, 0.29) is 24.2 Å². The van der Waals surface area contributed by atoms with Gasteiger partial charge in [0.2, 0.25) is 0 Å². The molecule has 1 aliphatic carbocycles. The fourth-order valence-corrected chi connectivity index (χ4v) is 4.23. The zero-order chi connectivity index (χ0) is 29.8. The van der Waals surface area contributed by atoms with Crippen molar-refractivity contribution in [2.24, 2.45) is 0 Å². The zero-order valence-corrected chi connectivity index (χ0v) is 22.6. The van der Waals surface area contributed by atoms with Crippen molar-refractivity contribution in [1.29, 1.82) is 5.41 Å². The third-order valence-corrected chi connectivity index (χ3v) is 6.51. The number of rotatable bonds is 9. The van der Waals surface area contributed by atoms with Crippen molar-refractivity contribution in [1.82, 2.24) is 9.88 Å². The van der Waals surface area contributed by atoms with E-state index in [1.165, 1.54) is 12.8 Å². The number of aromatic nitrogens is 1. The van der Waals surface area contributed by atoms with Crippen LogP contribution in [0.2, 0.25) is 0 Å². The van der Waals surface area contributed by atoms with Crippen LogP contribution in [-0.2, 0) is 21.5 Å². The second-order valence-corrected chi connectivity index (χ2v) is 10.9. The van der Waals surface area contributed by atoms with Crippen LogP contribution in [0.3, 0.4) is 0 Å². The molecule has 0 atom stereocenters. The summed E-state index contributed by atoms with van der Waals surface area (Å²) in [6, 6.07) is 9.76. The fourth-order valence-electron chi connectivity index (χ4n) is 4.23. The number of pyridine rings is 1. The number of carbonyl (C=O) groups excluding carboxylic acids is 1. The summed E-state index contributed by atoms with van der Waals surface area (Å²) in [6.07, 6.45) is -2.09. The number of alkyl halides is 3. The summed E-state index contributed by atoms with van der Waals surface area (Å²) in [4.78, 5) is 39.3. The minimum atomic E-state index is -5.08. The predicted octanol–water partition coefficient (Wildman–Crippen LogP) is 5.19. The van der Waals surface area contributed by atoms with Crippen molar-refractivity contribution >= 4 is 29.2 Å². The van der Waals surface area contributed by atoms with Crippen molar-refractivity contribution in [3.05, 3.63) is 58.4 Å². The number of fused-ring (bicyclic) bond motifs is 1. The van der Waals surface area contributed by atoms with Gasteiger partial charge in [-0.3, -0.25) is 15.0 Å². The van der Waals surface area contributed by atoms with E-state index in [9.17, 15) is 22.8 Å². The lowest BCUT2D eigenvalue weighted by molar-refractivity contribution is -0.192. The molecule has 1 aliphatic heterocycles. The van der Waals surface area contributed by atoms with Crippen LogP contribution in [0.4, 0.5) is 18.9 Å². The standard InChI is InChI=1S/C26H32N4O3.C2HF3O2/c1-26(2,3)19-13-17(8-11-21(19)28-12-4-5-23(32)33)22(31)15-30-14-18-9-10-20(16-6-7-16)29-24(18)25(30)27;3-2(4,5)1(6)7/h8-11,13,16,27-28H,4-7,12,14-15H2,1-3H3,(H,32,33);(H,6,7). The molecule has 0 unspecified atom stereocenters. The second-order valence-electron chi connectivity index (χ2n) is 10.9. The summed E-state index contributed by atoms with van der Waals surface area (Å²) in [5, 5.41) is 27.8. The van der Waals surface area contributed by atoms with Crippen molar-refractivity contribution < 1.29 is 37.8 Å². The molecule has 1 saturated carbocycles. The van der Waals surface area contributed by atoms with E-state index in [1.807, 2.05) is 18.2 Å². The number of aliphatic carboxylic acids is 2.